The summed E-state index contributed by atoms with van der Waals surface area (Å²) in [6.07, 6.45) is 15.5. The lowest BCUT2D eigenvalue weighted by atomic mass is 9.91. The molecule has 2 nitrogen and oxygen atoms in total. The highest BCUT2D eigenvalue weighted by molar-refractivity contribution is 6.10. The second kappa shape index (κ2) is 10.8. The first-order valence-corrected chi connectivity index (χ1v) is 12.0. The van der Waals surface area contributed by atoms with Crippen LogP contribution in [0.4, 0.5) is 0 Å². The van der Waals surface area contributed by atoms with Crippen LogP contribution in [-0.4, -0.2) is 13.2 Å². The van der Waals surface area contributed by atoms with E-state index in [9.17, 15) is 0 Å². The van der Waals surface area contributed by atoms with Gasteiger partial charge >= 0.3 is 0 Å². The molecule has 34 heavy (non-hydrogen) atoms. The zero-order chi connectivity index (χ0) is 23.9. The van der Waals surface area contributed by atoms with Crippen molar-refractivity contribution >= 4 is 21.5 Å². The van der Waals surface area contributed by atoms with E-state index in [0.717, 1.165) is 81.0 Å². The molecule has 4 aromatic carbocycles. The van der Waals surface area contributed by atoms with Gasteiger partial charge in [0, 0.05) is 22.3 Å². The maximum atomic E-state index is 6.34. The van der Waals surface area contributed by atoms with Crippen molar-refractivity contribution in [2.75, 3.05) is 13.2 Å². The first-order valence-electron chi connectivity index (χ1n) is 12.0. The number of ether oxygens (including phenoxy) is 2. The van der Waals surface area contributed by atoms with Gasteiger partial charge in [-0.15, -0.1) is 12.8 Å². The van der Waals surface area contributed by atoms with E-state index in [1.54, 1.807) is 0 Å². The average molecular weight is 447 g/mol. The minimum absolute atomic E-state index is 0.662. The number of hydrogen-bond donors (Lipinski definition) is 0. The molecule has 0 saturated carbocycles. The molecular weight excluding hydrogens is 416 g/mol. The van der Waals surface area contributed by atoms with Crippen LogP contribution < -0.4 is 9.47 Å². The van der Waals surface area contributed by atoms with E-state index >= 15 is 0 Å². The molecular formula is C32H30O2. The molecule has 0 radical (unpaired) electrons. The Kier molecular flexibility index (Phi) is 7.41. The third kappa shape index (κ3) is 4.73. The Bertz CT molecular complexity index is 1290. The van der Waals surface area contributed by atoms with Crippen molar-refractivity contribution in [3.8, 4) is 47.3 Å². The van der Waals surface area contributed by atoms with E-state index < -0.39 is 0 Å². The molecule has 0 saturated heterocycles. The summed E-state index contributed by atoms with van der Waals surface area (Å²) in [7, 11) is 0. The molecule has 0 spiro atoms. The van der Waals surface area contributed by atoms with E-state index in [1.165, 1.54) is 0 Å². The van der Waals surface area contributed by atoms with Crippen molar-refractivity contribution < 1.29 is 9.47 Å². The molecule has 0 heterocycles. The lowest BCUT2D eigenvalue weighted by molar-refractivity contribution is 0.306. The Morgan fingerprint density at radius 1 is 0.618 bits per heavy atom. The zero-order valence-corrected chi connectivity index (χ0v) is 20.0. The molecule has 0 bridgehead atoms. The number of benzene rings is 4. The quantitative estimate of drug-likeness (QED) is 0.192. The third-order valence-electron chi connectivity index (χ3n) is 6.06. The van der Waals surface area contributed by atoms with E-state index in [4.69, 9.17) is 22.3 Å². The Morgan fingerprint density at radius 3 is 1.44 bits per heavy atom. The Labute approximate surface area is 202 Å². The topological polar surface area (TPSA) is 18.5 Å². The van der Waals surface area contributed by atoms with Gasteiger partial charge in [0.2, 0.25) is 0 Å². The standard InChI is InChI=1S/C32H30O2/c1-5-9-19-33-29-17-13-25-21-23(7-3)11-15-27(25)31(29)32-28-16-12-24(8-4)22-26(28)14-18-30(32)34-20-10-6-2/h3-4,11-18,21-22H,5-6,9-10,19-20H2,1-2H3. The van der Waals surface area contributed by atoms with Crippen LogP contribution >= 0.6 is 0 Å². The lowest BCUT2D eigenvalue weighted by Gasteiger charge is -2.20. The van der Waals surface area contributed by atoms with Gasteiger partial charge in [-0.1, -0.05) is 62.8 Å². The highest BCUT2D eigenvalue weighted by Crippen LogP contribution is 2.46. The number of terminal acetylenes is 2. The average Bonchev–Trinajstić information content (AvgIpc) is 2.88. The fourth-order valence-electron chi connectivity index (χ4n) is 4.21. The van der Waals surface area contributed by atoms with Gasteiger partial charge in [0.05, 0.1) is 13.2 Å². The Morgan fingerprint density at radius 2 is 1.06 bits per heavy atom. The number of fused-ring (bicyclic) bond motifs is 2. The van der Waals surface area contributed by atoms with Crippen LogP contribution in [0.1, 0.15) is 50.7 Å². The molecule has 0 aromatic heterocycles. The molecule has 0 unspecified atom stereocenters. The van der Waals surface area contributed by atoms with Crippen molar-refractivity contribution in [3.05, 3.63) is 71.8 Å². The van der Waals surface area contributed by atoms with Gasteiger partial charge in [-0.05, 0) is 70.8 Å². The monoisotopic (exact) mass is 446 g/mol. The second-order valence-corrected chi connectivity index (χ2v) is 8.44. The summed E-state index contributed by atoms with van der Waals surface area (Å²) in [4.78, 5) is 0. The van der Waals surface area contributed by atoms with Crippen molar-refractivity contribution in [1.82, 2.24) is 0 Å². The maximum absolute atomic E-state index is 6.34. The van der Waals surface area contributed by atoms with E-state index in [0.29, 0.717) is 13.2 Å². The molecule has 0 fully saturated rings. The number of hydrogen-bond acceptors (Lipinski definition) is 2. The molecule has 4 rings (SSSR count). The maximum Gasteiger partial charge on any atom is 0.127 e. The van der Waals surface area contributed by atoms with Crippen LogP contribution in [0.5, 0.6) is 11.5 Å². The molecule has 0 atom stereocenters. The fraction of sp³-hybridized carbons (Fsp3) is 0.250. The Balaban J connectivity index is 2.03. The fourth-order valence-corrected chi connectivity index (χ4v) is 4.21. The van der Waals surface area contributed by atoms with Crippen molar-refractivity contribution in [2.24, 2.45) is 0 Å². The van der Waals surface area contributed by atoms with Crippen molar-refractivity contribution in [3.63, 3.8) is 0 Å². The molecule has 0 aliphatic heterocycles. The SMILES string of the molecule is C#Cc1ccc2c(-c3c(OCCCC)ccc4cc(C#C)ccc34)c(OCCCC)ccc2c1. The van der Waals surface area contributed by atoms with Crippen molar-refractivity contribution in [2.45, 2.75) is 39.5 Å². The Hall–Kier alpha value is -3.88. The summed E-state index contributed by atoms with van der Waals surface area (Å²) in [5.74, 6) is 7.20. The zero-order valence-electron chi connectivity index (χ0n) is 20.0. The first kappa shape index (κ1) is 23.3. The number of unbranched alkanes of at least 4 members (excludes halogenated alkanes) is 2. The summed E-state index contributed by atoms with van der Waals surface area (Å²) >= 11 is 0. The van der Waals surface area contributed by atoms with Gasteiger partial charge in [-0.25, -0.2) is 0 Å². The van der Waals surface area contributed by atoms with Gasteiger partial charge in [0.15, 0.2) is 0 Å². The molecule has 0 amide bonds. The molecule has 0 aliphatic rings. The first-order chi connectivity index (χ1) is 16.7. The summed E-state index contributed by atoms with van der Waals surface area (Å²) < 4.78 is 12.7. The minimum atomic E-state index is 0.662. The van der Waals surface area contributed by atoms with Gasteiger partial charge in [0.25, 0.3) is 0 Å². The molecule has 0 N–H and O–H groups in total. The van der Waals surface area contributed by atoms with E-state index in [1.807, 2.05) is 24.3 Å². The van der Waals surface area contributed by atoms with Gasteiger partial charge < -0.3 is 9.47 Å². The van der Waals surface area contributed by atoms with Crippen molar-refractivity contribution in [1.29, 1.82) is 0 Å². The van der Waals surface area contributed by atoms with Crippen LogP contribution in [0.2, 0.25) is 0 Å². The molecule has 170 valence electrons. The van der Waals surface area contributed by atoms with Crippen LogP contribution in [-0.2, 0) is 0 Å². The second-order valence-electron chi connectivity index (χ2n) is 8.44. The minimum Gasteiger partial charge on any atom is -0.493 e. The summed E-state index contributed by atoms with van der Waals surface area (Å²) in [5, 5.41) is 4.32. The summed E-state index contributed by atoms with van der Waals surface area (Å²) in [6, 6.07) is 20.5. The van der Waals surface area contributed by atoms with Crippen LogP contribution in [0, 0.1) is 24.7 Å². The third-order valence-corrected chi connectivity index (χ3v) is 6.06. The predicted molar refractivity (Wildman–Crippen MR) is 144 cm³/mol. The normalized spacial score (nSPS) is 10.7. The lowest BCUT2D eigenvalue weighted by Crippen LogP contribution is -2.02. The largest absolute Gasteiger partial charge is 0.493 e. The van der Waals surface area contributed by atoms with E-state index in [-0.39, 0.29) is 0 Å². The van der Waals surface area contributed by atoms with Crippen LogP contribution in [0.15, 0.2) is 60.7 Å². The summed E-state index contributed by atoms with van der Waals surface area (Å²) in [6.45, 7) is 5.66. The van der Waals surface area contributed by atoms with Gasteiger partial charge in [0.1, 0.15) is 11.5 Å². The molecule has 2 heteroatoms. The molecule has 4 aromatic rings. The summed E-state index contributed by atoms with van der Waals surface area (Å²) in [5.41, 5.74) is 3.77. The highest BCUT2D eigenvalue weighted by Gasteiger charge is 2.19. The predicted octanol–water partition coefficient (Wildman–Crippen LogP) is 7.98. The number of rotatable bonds is 9. The van der Waals surface area contributed by atoms with Gasteiger partial charge in [-0.3, -0.25) is 0 Å². The van der Waals surface area contributed by atoms with Crippen LogP contribution in [0.3, 0.4) is 0 Å². The van der Waals surface area contributed by atoms with E-state index in [2.05, 4.69) is 62.1 Å². The molecule has 0 aliphatic carbocycles. The van der Waals surface area contributed by atoms with Crippen LogP contribution in [0.25, 0.3) is 32.7 Å². The smallest absolute Gasteiger partial charge is 0.127 e. The van der Waals surface area contributed by atoms with Gasteiger partial charge in [-0.2, -0.15) is 0 Å². The highest BCUT2D eigenvalue weighted by atomic mass is 16.5.